The maximum Gasteiger partial charge on any atom is 0.453 e. The Bertz CT molecular complexity index is 608. The number of carboxylic acid groups (broad SMARTS) is 2. The van der Waals surface area contributed by atoms with E-state index in [1.54, 1.807) is 13.0 Å². The molecule has 6 nitrogen and oxygen atoms in total. The zero-order valence-corrected chi connectivity index (χ0v) is 12.5. The minimum absolute atomic E-state index is 0.112. The summed E-state index contributed by atoms with van der Waals surface area (Å²) in [6.07, 6.45) is 0.559. The van der Waals surface area contributed by atoms with Crippen molar-refractivity contribution in [1.82, 2.24) is 0 Å². The number of halogens is 1. The van der Waals surface area contributed by atoms with Crippen molar-refractivity contribution < 1.29 is 29.3 Å². The van der Waals surface area contributed by atoms with Crippen LogP contribution in [0.2, 0.25) is 0 Å². The summed E-state index contributed by atoms with van der Waals surface area (Å²) in [5.74, 6) is -5.91. The van der Waals surface area contributed by atoms with Crippen LogP contribution in [0.25, 0.3) is 0 Å². The van der Waals surface area contributed by atoms with E-state index in [0.717, 1.165) is 11.1 Å². The van der Waals surface area contributed by atoms with Gasteiger partial charge in [0.05, 0.1) is 0 Å². The van der Waals surface area contributed by atoms with E-state index in [4.69, 9.17) is 31.3 Å². The van der Waals surface area contributed by atoms with Gasteiger partial charge in [-0.1, -0.05) is 0 Å². The lowest BCUT2D eigenvalue weighted by molar-refractivity contribution is -0.194. The molecule has 0 fully saturated rings. The second-order valence-corrected chi connectivity index (χ2v) is 5.79. The number of rotatable bonds is 4. The van der Waals surface area contributed by atoms with Gasteiger partial charge in [-0.15, -0.1) is 11.6 Å². The molecule has 1 aliphatic rings. The maximum atomic E-state index is 11.2. The summed E-state index contributed by atoms with van der Waals surface area (Å²) < 4.78 is 10.2. The summed E-state index contributed by atoms with van der Waals surface area (Å²) in [5.41, 5.74) is 2.38. The lowest BCUT2D eigenvalue weighted by Gasteiger charge is -2.17. The van der Waals surface area contributed by atoms with E-state index < -0.39 is 17.7 Å². The molecule has 0 aromatic heterocycles. The third kappa shape index (κ3) is 2.40. The maximum absolute atomic E-state index is 11.2. The number of carbonyl (C=O) groups is 2. The molecule has 1 aliphatic heterocycles. The van der Waals surface area contributed by atoms with Crippen LogP contribution in [0.1, 0.15) is 23.6 Å². The van der Waals surface area contributed by atoms with Crippen LogP contribution in [0.15, 0.2) is 6.07 Å². The number of hydrogen-bond acceptors (Lipinski definition) is 4. The Labute approximate surface area is 126 Å². The molecule has 0 aliphatic carbocycles. The smallest absolute Gasteiger partial charge is 0.453 e. The second-order valence-electron chi connectivity index (χ2n) is 5.04. The van der Waals surface area contributed by atoms with Gasteiger partial charge in [0.2, 0.25) is 0 Å². The molecule has 0 bridgehead atoms. The van der Waals surface area contributed by atoms with Gasteiger partial charge in [0.15, 0.2) is 11.5 Å². The summed E-state index contributed by atoms with van der Waals surface area (Å²) in [4.78, 5) is 22.5. The number of ether oxygens (including phenoxy) is 2. The number of fused-ring (bicyclic) bond motifs is 1. The number of carboxylic acids is 2. The van der Waals surface area contributed by atoms with Crippen molar-refractivity contribution in [3.63, 3.8) is 0 Å². The standard InChI is InChI=1S/C14H15ClO6/c1-6-4-10-11(8(3)9(6)5-7(2)15)21-14(20-10,12(16)17)13(18)19/h4,7H,5H2,1-3H3,(H,16,17)(H,18,19)/t7-/m1/s1. The van der Waals surface area contributed by atoms with E-state index in [9.17, 15) is 9.59 Å². The molecule has 7 heteroatoms. The van der Waals surface area contributed by atoms with Crippen LogP contribution in [-0.4, -0.2) is 33.3 Å². The number of hydrogen-bond donors (Lipinski definition) is 2. The summed E-state index contributed by atoms with van der Waals surface area (Å²) in [5, 5.41) is 18.1. The Kier molecular flexibility index (Phi) is 3.76. The van der Waals surface area contributed by atoms with Crippen LogP contribution < -0.4 is 9.47 Å². The van der Waals surface area contributed by atoms with Crippen molar-refractivity contribution >= 4 is 23.5 Å². The van der Waals surface area contributed by atoms with Gasteiger partial charge in [0, 0.05) is 5.38 Å². The van der Waals surface area contributed by atoms with Gasteiger partial charge in [-0.3, -0.25) is 0 Å². The summed E-state index contributed by atoms with van der Waals surface area (Å²) in [7, 11) is 0. The van der Waals surface area contributed by atoms with E-state index in [1.807, 2.05) is 13.8 Å². The topological polar surface area (TPSA) is 93.1 Å². The van der Waals surface area contributed by atoms with Crippen molar-refractivity contribution in [2.75, 3.05) is 0 Å². The van der Waals surface area contributed by atoms with Crippen molar-refractivity contribution in [3.8, 4) is 11.5 Å². The molecule has 1 atom stereocenters. The van der Waals surface area contributed by atoms with Crippen molar-refractivity contribution in [3.05, 3.63) is 22.8 Å². The van der Waals surface area contributed by atoms with E-state index in [2.05, 4.69) is 0 Å². The quantitative estimate of drug-likeness (QED) is 0.653. The van der Waals surface area contributed by atoms with Crippen LogP contribution in [0, 0.1) is 13.8 Å². The van der Waals surface area contributed by atoms with E-state index in [1.165, 1.54) is 0 Å². The number of aliphatic carboxylic acids is 2. The average molecular weight is 315 g/mol. The first-order chi connectivity index (χ1) is 9.69. The first-order valence-corrected chi connectivity index (χ1v) is 6.74. The van der Waals surface area contributed by atoms with Crippen molar-refractivity contribution in [2.45, 2.75) is 38.4 Å². The molecule has 0 unspecified atom stereocenters. The fraction of sp³-hybridized carbons (Fsp3) is 0.429. The monoisotopic (exact) mass is 314 g/mol. The highest BCUT2D eigenvalue weighted by Crippen LogP contribution is 2.45. The van der Waals surface area contributed by atoms with Crippen LogP contribution in [0.4, 0.5) is 0 Å². The number of benzene rings is 1. The third-order valence-corrected chi connectivity index (χ3v) is 3.54. The van der Waals surface area contributed by atoms with Crippen molar-refractivity contribution in [2.24, 2.45) is 0 Å². The van der Waals surface area contributed by atoms with E-state index >= 15 is 0 Å². The predicted octanol–water partition coefficient (Wildman–Crippen LogP) is 2.11. The van der Waals surface area contributed by atoms with Gasteiger partial charge in [0.1, 0.15) is 0 Å². The van der Waals surface area contributed by atoms with Gasteiger partial charge in [0.25, 0.3) is 0 Å². The molecule has 0 saturated carbocycles. The minimum Gasteiger partial charge on any atom is -0.475 e. The molecule has 1 aromatic carbocycles. The Balaban J connectivity index is 2.53. The van der Waals surface area contributed by atoms with Gasteiger partial charge < -0.3 is 19.7 Å². The Hall–Kier alpha value is -1.95. The molecule has 0 radical (unpaired) electrons. The fourth-order valence-electron chi connectivity index (χ4n) is 2.35. The molecule has 0 spiro atoms. The van der Waals surface area contributed by atoms with Crippen LogP contribution in [0.5, 0.6) is 11.5 Å². The molecule has 0 saturated heterocycles. The lowest BCUT2D eigenvalue weighted by atomic mass is 9.97. The molecule has 2 N–H and O–H groups in total. The highest BCUT2D eigenvalue weighted by atomic mass is 35.5. The Morgan fingerprint density at radius 3 is 2.33 bits per heavy atom. The predicted molar refractivity (Wildman–Crippen MR) is 74.2 cm³/mol. The molecule has 1 aromatic rings. The first-order valence-electron chi connectivity index (χ1n) is 6.31. The zero-order chi connectivity index (χ0) is 15.9. The van der Waals surface area contributed by atoms with Gasteiger partial charge in [-0.2, -0.15) is 0 Å². The summed E-state index contributed by atoms with van der Waals surface area (Å²) >= 11 is 6.00. The third-order valence-electron chi connectivity index (χ3n) is 3.39. The largest absolute Gasteiger partial charge is 0.475 e. The molecular weight excluding hydrogens is 300 g/mol. The summed E-state index contributed by atoms with van der Waals surface area (Å²) in [6.45, 7) is 5.39. The van der Waals surface area contributed by atoms with E-state index in [0.29, 0.717) is 12.0 Å². The zero-order valence-electron chi connectivity index (χ0n) is 11.8. The summed E-state index contributed by atoms with van der Waals surface area (Å²) in [6, 6.07) is 1.57. The van der Waals surface area contributed by atoms with Crippen molar-refractivity contribution in [1.29, 1.82) is 0 Å². The fourth-order valence-corrected chi connectivity index (χ4v) is 2.50. The van der Waals surface area contributed by atoms with Gasteiger partial charge in [-0.05, 0) is 49.9 Å². The highest BCUT2D eigenvalue weighted by Gasteiger charge is 2.58. The number of alkyl halides is 1. The Morgan fingerprint density at radius 1 is 1.29 bits per heavy atom. The average Bonchev–Trinajstić information content (AvgIpc) is 2.75. The minimum atomic E-state index is -2.73. The van der Waals surface area contributed by atoms with Gasteiger partial charge in [-0.25, -0.2) is 9.59 Å². The van der Waals surface area contributed by atoms with Crippen LogP contribution in [-0.2, 0) is 16.0 Å². The Morgan fingerprint density at radius 2 is 1.86 bits per heavy atom. The molecule has 1 heterocycles. The molecule has 114 valence electrons. The first kappa shape index (κ1) is 15.4. The molecular formula is C14H15ClO6. The molecule has 2 rings (SSSR count). The van der Waals surface area contributed by atoms with Gasteiger partial charge >= 0.3 is 17.7 Å². The van der Waals surface area contributed by atoms with E-state index in [-0.39, 0.29) is 16.9 Å². The normalized spacial score (nSPS) is 16.6. The van der Waals surface area contributed by atoms with Crippen LogP contribution >= 0.6 is 11.6 Å². The second kappa shape index (κ2) is 5.11. The molecule has 0 amide bonds. The molecule has 21 heavy (non-hydrogen) atoms. The number of aryl methyl sites for hydroxylation is 1. The highest BCUT2D eigenvalue weighted by molar-refractivity contribution is 6.20. The SMILES string of the molecule is Cc1cc2c(c(C)c1C[C@@H](C)Cl)OC(C(=O)O)(C(=O)O)O2. The van der Waals surface area contributed by atoms with Crippen LogP contribution in [0.3, 0.4) is 0 Å². The lowest BCUT2D eigenvalue weighted by Crippen LogP contribution is -2.54.